The Morgan fingerprint density at radius 1 is 1.45 bits per heavy atom. The molecule has 1 fully saturated rings. The van der Waals surface area contributed by atoms with Crippen LogP contribution >= 0.6 is 11.3 Å². The van der Waals surface area contributed by atoms with E-state index in [0.29, 0.717) is 18.5 Å². The Balaban J connectivity index is 2.18. The van der Waals surface area contributed by atoms with Gasteiger partial charge in [-0.2, -0.15) is 0 Å². The van der Waals surface area contributed by atoms with E-state index in [0.717, 1.165) is 17.6 Å². The Labute approximate surface area is 120 Å². The first kappa shape index (κ1) is 15.0. The Morgan fingerprint density at radius 3 is 2.55 bits per heavy atom. The fourth-order valence-corrected chi connectivity index (χ4v) is 3.91. The predicted molar refractivity (Wildman–Crippen MR) is 73.7 cm³/mol. The summed E-state index contributed by atoms with van der Waals surface area (Å²) in [6.45, 7) is 2.12. The molecule has 1 aromatic rings. The van der Waals surface area contributed by atoms with Crippen LogP contribution in [-0.2, 0) is 14.6 Å². The summed E-state index contributed by atoms with van der Waals surface area (Å²) >= 11 is 0.998. The van der Waals surface area contributed by atoms with Crippen LogP contribution in [-0.4, -0.2) is 49.6 Å². The van der Waals surface area contributed by atoms with E-state index >= 15 is 0 Å². The zero-order valence-electron chi connectivity index (χ0n) is 11.1. The van der Waals surface area contributed by atoms with Crippen molar-refractivity contribution in [3.8, 4) is 0 Å². The Morgan fingerprint density at radius 2 is 2.10 bits per heavy atom. The Hall–Kier alpha value is -1.41. The molecular weight excluding hydrogens is 302 g/mol. The van der Waals surface area contributed by atoms with E-state index in [2.05, 4.69) is 0 Å². The van der Waals surface area contributed by atoms with Gasteiger partial charge in [-0.15, -0.1) is 11.3 Å². The highest BCUT2D eigenvalue weighted by Gasteiger charge is 2.42. The molecule has 2 rings (SSSR count). The summed E-state index contributed by atoms with van der Waals surface area (Å²) in [6.07, 6.45) is 1.49. The van der Waals surface area contributed by atoms with E-state index < -0.39 is 21.2 Å². The highest BCUT2D eigenvalue weighted by Crippen LogP contribution is 2.31. The number of carboxylic acids is 1. The van der Waals surface area contributed by atoms with Crippen molar-refractivity contribution in [1.29, 1.82) is 0 Å². The molecule has 1 N–H and O–H groups in total. The number of nitrogens with zero attached hydrogens (tertiary/aromatic N) is 1. The number of hydrogen-bond acceptors (Lipinski definition) is 5. The minimum Gasteiger partial charge on any atom is -0.481 e. The lowest BCUT2D eigenvalue weighted by molar-refractivity contribution is -0.147. The van der Waals surface area contributed by atoms with Gasteiger partial charge in [-0.3, -0.25) is 9.59 Å². The lowest BCUT2D eigenvalue weighted by Crippen LogP contribution is -2.34. The smallest absolute Gasteiger partial charge is 0.311 e. The maximum atomic E-state index is 12.2. The van der Waals surface area contributed by atoms with E-state index in [1.165, 1.54) is 16.3 Å². The van der Waals surface area contributed by atoms with Gasteiger partial charge >= 0.3 is 5.97 Å². The third-order valence-corrected chi connectivity index (χ3v) is 6.23. The average molecular weight is 317 g/mol. The second-order valence-electron chi connectivity index (χ2n) is 5.27. The van der Waals surface area contributed by atoms with Crippen LogP contribution in [0.4, 0.5) is 0 Å². The van der Waals surface area contributed by atoms with Crippen LogP contribution in [0.5, 0.6) is 0 Å². The van der Waals surface area contributed by atoms with Gasteiger partial charge in [0, 0.05) is 24.7 Å². The standard InChI is InChI=1S/C12H15NO5S2/c1-12(11(15)16)3-4-13(7-12)10(14)8-5-9(19-6-8)20(2,17)18/h5-6H,3-4,7H2,1-2H3,(H,15,16). The average Bonchev–Trinajstić information content (AvgIpc) is 2.94. The third-order valence-electron chi connectivity index (χ3n) is 3.46. The molecule has 0 bridgehead atoms. The van der Waals surface area contributed by atoms with E-state index in [1.807, 2.05) is 0 Å². The van der Waals surface area contributed by atoms with Crippen molar-refractivity contribution in [2.45, 2.75) is 17.6 Å². The molecule has 1 atom stereocenters. The second-order valence-corrected chi connectivity index (χ2v) is 8.42. The highest BCUT2D eigenvalue weighted by molar-refractivity contribution is 7.92. The van der Waals surface area contributed by atoms with Gasteiger partial charge < -0.3 is 10.0 Å². The van der Waals surface area contributed by atoms with Crippen molar-refractivity contribution in [2.24, 2.45) is 5.41 Å². The summed E-state index contributed by atoms with van der Waals surface area (Å²) in [4.78, 5) is 24.9. The molecule has 1 aliphatic heterocycles. The number of carbonyl (C=O) groups is 2. The molecule has 1 unspecified atom stereocenters. The summed E-state index contributed by atoms with van der Waals surface area (Å²) in [5.41, 5.74) is -0.629. The van der Waals surface area contributed by atoms with Crippen LogP contribution in [0.15, 0.2) is 15.7 Å². The molecule has 1 aromatic heterocycles. The van der Waals surface area contributed by atoms with Crippen molar-refractivity contribution in [1.82, 2.24) is 4.90 Å². The van der Waals surface area contributed by atoms with Gasteiger partial charge in [0.15, 0.2) is 9.84 Å². The van der Waals surface area contributed by atoms with Crippen LogP contribution in [0, 0.1) is 5.41 Å². The number of rotatable bonds is 3. The first-order valence-corrected chi connectivity index (χ1v) is 8.72. The van der Waals surface area contributed by atoms with Gasteiger partial charge in [0.2, 0.25) is 0 Å². The third kappa shape index (κ3) is 2.71. The number of amides is 1. The largest absolute Gasteiger partial charge is 0.481 e. The normalized spacial score (nSPS) is 23.0. The van der Waals surface area contributed by atoms with Crippen molar-refractivity contribution in [3.05, 3.63) is 17.0 Å². The van der Waals surface area contributed by atoms with Gasteiger partial charge in [0.1, 0.15) is 4.21 Å². The fourth-order valence-electron chi connectivity index (χ4n) is 2.11. The molecular formula is C12H15NO5S2. The van der Waals surface area contributed by atoms with Crippen molar-refractivity contribution < 1.29 is 23.1 Å². The van der Waals surface area contributed by atoms with Crippen molar-refractivity contribution in [3.63, 3.8) is 0 Å². The minimum absolute atomic E-state index is 0.140. The van der Waals surface area contributed by atoms with Crippen molar-refractivity contribution >= 4 is 33.1 Å². The van der Waals surface area contributed by atoms with E-state index in [9.17, 15) is 18.0 Å². The topological polar surface area (TPSA) is 91.8 Å². The highest BCUT2D eigenvalue weighted by atomic mass is 32.2. The van der Waals surface area contributed by atoms with Gasteiger partial charge in [-0.05, 0) is 19.4 Å². The number of aliphatic carboxylic acids is 1. The molecule has 0 aromatic carbocycles. The molecule has 110 valence electrons. The van der Waals surface area contributed by atoms with Crippen LogP contribution in [0.2, 0.25) is 0 Å². The molecule has 1 amide bonds. The van der Waals surface area contributed by atoms with E-state index in [4.69, 9.17) is 5.11 Å². The van der Waals surface area contributed by atoms with Gasteiger partial charge in [0.25, 0.3) is 5.91 Å². The molecule has 2 heterocycles. The number of sulfone groups is 1. The number of carbonyl (C=O) groups excluding carboxylic acids is 1. The summed E-state index contributed by atoms with van der Waals surface area (Å²) in [5.74, 6) is -1.24. The van der Waals surface area contributed by atoms with Crippen LogP contribution in [0.1, 0.15) is 23.7 Å². The van der Waals surface area contributed by atoms with Crippen LogP contribution in [0.25, 0.3) is 0 Å². The molecule has 8 heteroatoms. The Kier molecular flexibility index (Phi) is 3.64. The van der Waals surface area contributed by atoms with Crippen LogP contribution < -0.4 is 0 Å². The SMILES string of the molecule is CC1(C(=O)O)CCN(C(=O)c2csc(S(C)(=O)=O)c2)C1. The molecule has 0 radical (unpaired) electrons. The number of hydrogen-bond donors (Lipinski definition) is 1. The van der Waals surface area contributed by atoms with E-state index in [1.54, 1.807) is 6.92 Å². The van der Waals surface area contributed by atoms with Gasteiger partial charge in [-0.1, -0.05) is 0 Å². The second kappa shape index (κ2) is 4.85. The number of carboxylic acid groups (broad SMARTS) is 1. The summed E-state index contributed by atoms with van der Waals surface area (Å²) in [6, 6.07) is 1.35. The number of likely N-dealkylation sites (tertiary alicyclic amines) is 1. The minimum atomic E-state index is -3.32. The first-order chi connectivity index (χ1) is 9.13. The molecule has 1 aliphatic rings. The van der Waals surface area contributed by atoms with E-state index in [-0.39, 0.29) is 16.7 Å². The lowest BCUT2D eigenvalue weighted by atomic mass is 9.90. The Bertz CT molecular complexity index is 663. The van der Waals surface area contributed by atoms with Gasteiger partial charge in [-0.25, -0.2) is 8.42 Å². The summed E-state index contributed by atoms with van der Waals surface area (Å²) in [5, 5.41) is 10.6. The first-order valence-electron chi connectivity index (χ1n) is 5.95. The van der Waals surface area contributed by atoms with Crippen LogP contribution in [0.3, 0.4) is 0 Å². The zero-order chi connectivity index (χ0) is 15.1. The molecule has 0 spiro atoms. The zero-order valence-corrected chi connectivity index (χ0v) is 12.8. The predicted octanol–water partition coefficient (Wildman–Crippen LogP) is 1.09. The fraction of sp³-hybridized carbons (Fsp3) is 0.500. The lowest BCUT2D eigenvalue weighted by Gasteiger charge is -2.19. The van der Waals surface area contributed by atoms with Gasteiger partial charge in [0.05, 0.1) is 11.0 Å². The molecule has 6 nitrogen and oxygen atoms in total. The maximum absolute atomic E-state index is 12.2. The quantitative estimate of drug-likeness (QED) is 0.901. The molecule has 0 aliphatic carbocycles. The monoisotopic (exact) mass is 317 g/mol. The summed E-state index contributed by atoms with van der Waals surface area (Å²) < 4.78 is 22.9. The molecule has 0 saturated carbocycles. The summed E-state index contributed by atoms with van der Waals surface area (Å²) in [7, 11) is -3.32. The molecule has 1 saturated heterocycles. The number of thiophene rings is 1. The maximum Gasteiger partial charge on any atom is 0.311 e. The molecule has 20 heavy (non-hydrogen) atoms. The van der Waals surface area contributed by atoms with Crippen molar-refractivity contribution in [2.75, 3.05) is 19.3 Å².